The van der Waals surface area contributed by atoms with Crippen LogP contribution in [0.25, 0.3) is 0 Å². The molecule has 19 heavy (non-hydrogen) atoms. The minimum Gasteiger partial charge on any atom is -0.444 e. The summed E-state index contributed by atoms with van der Waals surface area (Å²) in [6.45, 7) is 7.16. The van der Waals surface area contributed by atoms with E-state index in [0.717, 1.165) is 15.6 Å². The third kappa shape index (κ3) is 5.61. The van der Waals surface area contributed by atoms with Crippen LogP contribution in [0.2, 0.25) is 0 Å². The van der Waals surface area contributed by atoms with Gasteiger partial charge in [-0.3, -0.25) is 0 Å². The molecule has 1 amide bonds. The molecule has 1 rings (SSSR count). The summed E-state index contributed by atoms with van der Waals surface area (Å²) in [6, 6.07) is 5.27. The maximum Gasteiger partial charge on any atom is 0.408 e. The monoisotopic (exact) mass is 329 g/mol. The molecule has 1 aromatic rings. The van der Waals surface area contributed by atoms with Crippen molar-refractivity contribution in [1.82, 2.24) is 5.32 Å². The number of hydrogen-bond acceptors (Lipinski definition) is 3. The highest BCUT2D eigenvalue weighted by Gasteiger charge is 2.20. The number of hydrogen-bond donors (Lipinski definition) is 2. The summed E-state index contributed by atoms with van der Waals surface area (Å²) < 4.78 is 6.09. The third-order valence-electron chi connectivity index (χ3n) is 2.34. The predicted molar refractivity (Wildman–Crippen MR) is 78.1 cm³/mol. The van der Waals surface area contributed by atoms with Gasteiger partial charge in [-0.1, -0.05) is 22.0 Å². The average molecular weight is 330 g/mol. The first-order valence-electron chi connectivity index (χ1n) is 6.09. The van der Waals surface area contributed by atoms with Crippen molar-refractivity contribution in [3.63, 3.8) is 0 Å². The molecule has 106 valence electrons. The largest absolute Gasteiger partial charge is 0.444 e. The van der Waals surface area contributed by atoms with Crippen LogP contribution in [0, 0.1) is 6.92 Å². The lowest BCUT2D eigenvalue weighted by atomic mass is 10.1. The number of halogens is 1. The van der Waals surface area contributed by atoms with Gasteiger partial charge < -0.3 is 15.2 Å². The van der Waals surface area contributed by atoms with E-state index >= 15 is 0 Å². The number of nitrogens with one attached hydrogen (secondary N) is 1. The molecule has 4 nitrogen and oxygen atoms in total. The van der Waals surface area contributed by atoms with Gasteiger partial charge in [0.05, 0.1) is 12.6 Å². The summed E-state index contributed by atoms with van der Waals surface area (Å²) in [7, 11) is 0. The standard InChI is InChI=1S/C14H20BrNO3/c1-9-5-10(7-11(15)6-9)12(8-17)16-13(18)19-14(2,3)4/h5-7,12,17H,8H2,1-4H3,(H,16,18). The van der Waals surface area contributed by atoms with E-state index in [1.165, 1.54) is 0 Å². The number of aryl methyl sites for hydroxylation is 1. The SMILES string of the molecule is Cc1cc(Br)cc(C(CO)NC(=O)OC(C)(C)C)c1. The highest BCUT2D eigenvalue weighted by atomic mass is 79.9. The van der Waals surface area contributed by atoms with Gasteiger partial charge in [-0.2, -0.15) is 0 Å². The van der Waals surface area contributed by atoms with Crippen LogP contribution >= 0.6 is 15.9 Å². The van der Waals surface area contributed by atoms with Crippen LogP contribution in [0.15, 0.2) is 22.7 Å². The van der Waals surface area contributed by atoms with Crippen molar-refractivity contribution in [2.75, 3.05) is 6.61 Å². The number of carbonyl (C=O) groups is 1. The fraction of sp³-hybridized carbons (Fsp3) is 0.500. The minimum absolute atomic E-state index is 0.185. The van der Waals surface area contributed by atoms with Crippen molar-refractivity contribution in [3.05, 3.63) is 33.8 Å². The number of ether oxygens (including phenoxy) is 1. The van der Waals surface area contributed by atoms with Crippen molar-refractivity contribution in [2.24, 2.45) is 0 Å². The lowest BCUT2D eigenvalue weighted by molar-refractivity contribution is 0.0482. The molecule has 2 N–H and O–H groups in total. The van der Waals surface area contributed by atoms with Crippen molar-refractivity contribution >= 4 is 22.0 Å². The van der Waals surface area contributed by atoms with Crippen molar-refractivity contribution in [1.29, 1.82) is 0 Å². The number of aliphatic hydroxyl groups excluding tert-OH is 1. The number of alkyl carbamates (subject to hydrolysis) is 1. The molecule has 1 unspecified atom stereocenters. The Balaban J connectivity index is 2.81. The number of benzene rings is 1. The molecular weight excluding hydrogens is 310 g/mol. The lowest BCUT2D eigenvalue weighted by Crippen LogP contribution is -2.36. The van der Waals surface area contributed by atoms with Gasteiger partial charge in [-0.05, 0) is 51.0 Å². The zero-order valence-corrected chi connectivity index (χ0v) is 13.2. The van der Waals surface area contributed by atoms with E-state index in [-0.39, 0.29) is 6.61 Å². The maximum atomic E-state index is 11.7. The zero-order valence-electron chi connectivity index (χ0n) is 11.7. The molecule has 0 aliphatic heterocycles. The van der Waals surface area contributed by atoms with Gasteiger partial charge in [0.15, 0.2) is 0 Å². The summed E-state index contributed by atoms with van der Waals surface area (Å²) >= 11 is 3.40. The van der Waals surface area contributed by atoms with E-state index in [1.54, 1.807) is 20.8 Å². The van der Waals surface area contributed by atoms with Crippen LogP contribution < -0.4 is 5.32 Å². The Labute approximate surface area is 122 Å². The first kappa shape index (κ1) is 16.0. The summed E-state index contributed by atoms with van der Waals surface area (Å²) in [5, 5.41) is 12.1. The molecule has 0 saturated carbocycles. The molecule has 0 bridgehead atoms. The van der Waals surface area contributed by atoms with Crippen molar-refractivity contribution < 1.29 is 14.6 Å². The number of aliphatic hydroxyl groups is 1. The summed E-state index contributed by atoms with van der Waals surface area (Å²) in [5.74, 6) is 0. The minimum atomic E-state index is -0.558. The first-order valence-corrected chi connectivity index (χ1v) is 6.88. The van der Waals surface area contributed by atoms with Crippen molar-refractivity contribution in [2.45, 2.75) is 39.3 Å². The number of amides is 1. The molecular formula is C14H20BrNO3. The van der Waals surface area contributed by atoms with E-state index in [2.05, 4.69) is 21.2 Å². The summed E-state index contributed by atoms with van der Waals surface area (Å²) in [4.78, 5) is 11.7. The Morgan fingerprint density at radius 3 is 2.53 bits per heavy atom. The molecule has 0 saturated heterocycles. The van der Waals surface area contributed by atoms with E-state index < -0.39 is 17.7 Å². The van der Waals surface area contributed by atoms with Crippen LogP contribution in [0.5, 0.6) is 0 Å². The van der Waals surface area contributed by atoms with Gasteiger partial charge in [0.2, 0.25) is 0 Å². The van der Waals surface area contributed by atoms with Gasteiger partial charge in [-0.15, -0.1) is 0 Å². The fourth-order valence-corrected chi connectivity index (χ4v) is 2.28. The molecule has 1 atom stereocenters. The second-order valence-corrected chi connectivity index (χ2v) is 6.36. The Bertz CT molecular complexity index is 434. The van der Waals surface area contributed by atoms with Crippen LogP contribution in [0.4, 0.5) is 4.79 Å². The Morgan fingerprint density at radius 2 is 2.05 bits per heavy atom. The quantitative estimate of drug-likeness (QED) is 0.894. The molecule has 0 radical (unpaired) electrons. The second kappa shape index (κ2) is 6.39. The highest BCUT2D eigenvalue weighted by Crippen LogP contribution is 2.21. The zero-order chi connectivity index (χ0) is 14.6. The van der Waals surface area contributed by atoms with Gasteiger partial charge in [0.25, 0.3) is 0 Å². The van der Waals surface area contributed by atoms with Crippen LogP contribution in [0.1, 0.15) is 37.9 Å². The molecule has 0 fully saturated rings. The molecule has 5 heteroatoms. The Kier molecular flexibility index (Phi) is 5.38. The van der Waals surface area contributed by atoms with Crippen LogP contribution in [-0.4, -0.2) is 23.4 Å². The third-order valence-corrected chi connectivity index (χ3v) is 2.80. The molecule has 0 heterocycles. The van der Waals surface area contributed by atoms with Crippen LogP contribution in [0.3, 0.4) is 0 Å². The normalized spacial score (nSPS) is 12.9. The Hall–Kier alpha value is -1.07. The smallest absolute Gasteiger partial charge is 0.408 e. The molecule has 1 aromatic carbocycles. The number of carbonyl (C=O) groups excluding carboxylic acids is 1. The van der Waals surface area contributed by atoms with Crippen molar-refractivity contribution in [3.8, 4) is 0 Å². The molecule has 0 aromatic heterocycles. The molecule has 0 spiro atoms. The molecule has 0 aliphatic rings. The lowest BCUT2D eigenvalue weighted by Gasteiger charge is -2.23. The van der Waals surface area contributed by atoms with Gasteiger partial charge in [0.1, 0.15) is 5.60 Å². The van der Waals surface area contributed by atoms with Crippen LogP contribution in [-0.2, 0) is 4.74 Å². The fourth-order valence-electron chi connectivity index (χ4n) is 1.65. The molecule has 0 aliphatic carbocycles. The maximum absolute atomic E-state index is 11.7. The Morgan fingerprint density at radius 1 is 1.42 bits per heavy atom. The average Bonchev–Trinajstić information content (AvgIpc) is 2.21. The second-order valence-electron chi connectivity index (χ2n) is 5.44. The first-order chi connectivity index (χ1) is 8.71. The van der Waals surface area contributed by atoms with E-state index in [1.807, 2.05) is 25.1 Å². The van der Waals surface area contributed by atoms with Gasteiger partial charge in [0, 0.05) is 4.47 Å². The van der Waals surface area contributed by atoms with E-state index in [9.17, 15) is 9.90 Å². The van der Waals surface area contributed by atoms with E-state index in [4.69, 9.17) is 4.74 Å². The van der Waals surface area contributed by atoms with Gasteiger partial charge in [-0.25, -0.2) is 4.79 Å². The predicted octanol–water partition coefficient (Wildman–Crippen LogP) is 3.32. The summed E-state index contributed by atoms with van der Waals surface area (Å²) in [6.07, 6.45) is -0.538. The van der Waals surface area contributed by atoms with E-state index in [0.29, 0.717) is 0 Å². The van der Waals surface area contributed by atoms with Gasteiger partial charge >= 0.3 is 6.09 Å². The topological polar surface area (TPSA) is 58.6 Å². The summed E-state index contributed by atoms with van der Waals surface area (Å²) in [5.41, 5.74) is 1.33. The highest BCUT2D eigenvalue weighted by molar-refractivity contribution is 9.10. The number of rotatable bonds is 3.